The van der Waals surface area contributed by atoms with Gasteiger partial charge in [0.05, 0.1) is 10.6 Å². The van der Waals surface area contributed by atoms with Crippen molar-refractivity contribution in [3.63, 3.8) is 0 Å². The first-order valence-corrected chi connectivity index (χ1v) is 13.1. The topological polar surface area (TPSA) is 66.5 Å². The molecule has 0 spiro atoms. The summed E-state index contributed by atoms with van der Waals surface area (Å²) in [5.41, 5.74) is 1.40. The summed E-state index contributed by atoms with van der Waals surface area (Å²) in [6, 6.07) is 22.0. The third kappa shape index (κ3) is 6.65. The zero-order valence-corrected chi connectivity index (χ0v) is 20.2. The maximum absolute atomic E-state index is 13.2. The molecule has 0 radical (unpaired) electrons. The molecule has 0 aliphatic rings. The van der Waals surface area contributed by atoms with E-state index in [1.165, 1.54) is 12.1 Å². The number of hydrogen-bond acceptors (Lipinski definition) is 4. The Morgan fingerprint density at radius 2 is 1.59 bits per heavy atom. The molecule has 0 saturated heterocycles. The quantitative estimate of drug-likeness (QED) is 0.380. The van der Waals surface area contributed by atoms with E-state index in [-0.39, 0.29) is 17.3 Å². The lowest BCUT2D eigenvalue weighted by Gasteiger charge is -2.24. The molecule has 0 bridgehead atoms. The molecular weight excluding hydrogens is 487 g/mol. The van der Waals surface area contributed by atoms with Gasteiger partial charge in [0.25, 0.3) is 10.0 Å². The Kier molecular flexibility index (Phi) is 8.87. The van der Waals surface area contributed by atoms with Gasteiger partial charge in [-0.05, 0) is 42.0 Å². The number of thioether (sulfide) groups is 1. The van der Waals surface area contributed by atoms with Gasteiger partial charge in [0.1, 0.15) is 6.54 Å². The minimum absolute atomic E-state index is 0.132. The average molecular weight is 509 g/mol. The van der Waals surface area contributed by atoms with E-state index in [1.807, 2.05) is 6.07 Å². The number of benzene rings is 3. The largest absolute Gasteiger partial charge is 0.354 e. The van der Waals surface area contributed by atoms with Crippen LogP contribution < -0.4 is 9.62 Å². The summed E-state index contributed by atoms with van der Waals surface area (Å²) >= 11 is 13.7. The highest BCUT2D eigenvalue weighted by Gasteiger charge is 2.26. The van der Waals surface area contributed by atoms with Crippen molar-refractivity contribution in [1.29, 1.82) is 0 Å². The molecule has 0 atom stereocenters. The molecule has 3 aromatic carbocycles. The van der Waals surface area contributed by atoms with Gasteiger partial charge in [0.2, 0.25) is 5.91 Å². The zero-order valence-electron chi connectivity index (χ0n) is 17.1. The first-order valence-electron chi connectivity index (χ1n) is 9.79. The lowest BCUT2D eigenvalue weighted by atomic mass is 10.2. The molecule has 32 heavy (non-hydrogen) atoms. The van der Waals surface area contributed by atoms with Crippen molar-refractivity contribution < 1.29 is 13.2 Å². The van der Waals surface area contributed by atoms with Gasteiger partial charge in [-0.2, -0.15) is 11.8 Å². The molecular formula is C23H22Cl2N2O3S2. The van der Waals surface area contributed by atoms with Crippen molar-refractivity contribution in [1.82, 2.24) is 5.32 Å². The molecule has 0 aliphatic carbocycles. The van der Waals surface area contributed by atoms with Gasteiger partial charge < -0.3 is 5.32 Å². The highest BCUT2D eigenvalue weighted by atomic mass is 35.5. The van der Waals surface area contributed by atoms with Gasteiger partial charge in [-0.15, -0.1) is 0 Å². The molecule has 9 heteroatoms. The fourth-order valence-electron chi connectivity index (χ4n) is 2.90. The van der Waals surface area contributed by atoms with Crippen molar-refractivity contribution in [3.05, 3.63) is 94.5 Å². The number of nitrogens with zero attached hydrogens (tertiary/aromatic N) is 1. The van der Waals surface area contributed by atoms with Crippen LogP contribution in [0.25, 0.3) is 0 Å². The SMILES string of the molecule is O=C(CN(c1ccccc1)S(=O)(=O)c1ccccc1)NCCSCc1ccc(Cl)cc1Cl. The monoisotopic (exact) mass is 508 g/mol. The van der Waals surface area contributed by atoms with Crippen molar-refractivity contribution in [2.45, 2.75) is 10.6 Å². The Morgan fingerprint density at radius 3 is 2.25 bits per heavy atom. The van der Waals surface area contributed by atoms with E-state index in [1.54, 1.807) is 72.4 Å². The molecule has 1 amide bonds. The number of hydrogen-bond donors (Lipinski definition) is 1. The van der Waals surface area contributed by atoms with Crippen LogP contribution in [-0.2, 0) is 20.6 Å². The van der Waals surface area contributed by atoms with Crippen LogP contribution >= 0.6 is 35.0 Å². The summed E-state index contributed by atoms with van der Waals surface area (Å²) in [7, 11) is -3.89. The van der Waals surface area contributed by atoms with Crippen molar-refractivity contribution in [2.24, 2.45) is 0 Å². The second-order valence-electron chi connectivity index (χ2n) is 6.80. The number of halogens is 2. The molecule has 3 rings (SSSR count). The minimum atomic E-state index is -3.89. The summed E-state index contributed by atoms with van der Waals surface area (Å²) in [6.07, 6.45) is 0. The molecule has 5 nitrogen and oxygen atoms in total. The van der Waals surface area contributed by atoms with Gasteiger partial charge in [-0.3, -0.25) is 9.10 Å². The Morgan fingerprint density at radius 1 is 0.938 bits per heavy atom. The van der Waals surface area contributed by atoms with Gasteiger partial charge in [-0.1, -0.05) is 65.7 Å². The third-order valence-corrected chi connectivity index (χ3v) is 7.89. The Balaban J connectivity index is 1.58. The number of carbonyl (C=O) groups excluding carboxylic acids is 1. The fourth-order valence-corrected chi connectivity index (χ4v) is 5.76. The smallest absolute Gasteiger partial charge is 0.264 e. The standard InChI is InChI=1S/C23H22Cl2N2O3S2/c24-19-12-11-18(22(25)15-19)17-31-14-13-26-23(28)16-27(20-7-3-1-4-8-20)32(29,30)21-9-5-2-6-10-21/h1-12,15H,13-14,16-17H2,(H,26,28). The maximum Gasteiger partial charge on any atom is 0.264 e. The highest BCUT2D eigenvalue weighted by molar-refractivity contribution is 7.98. The van der Waals surface area contributed by atoms with Crippen molar-refractivity contribution >= 4 is 56.6 Å². The number of amides is 1. The maximum atomic E-state index is 13.2. The van der Waals surface area contributed by atoms with Crippen LogP contribution in [0.1, 0.15) is 5.56 Å². The molecule has 0 saturated carbocycles. The fraction of sp³-hybridized carbons (Fsp3) is 0.174. The second kappa shape index (κ2) is 11.6. The van der Waals surface area contributed by atoms with Gasteiger partial charge in [0.15, 0.2) is 0 Å². The van der Waals surface area contributed by atoms with Crippen LogP contribution in [0.5, 0.6) is 0 Å². The molecule has 0 aliphatic heterocycles. The van der Waals surface area contributed by atoms with Crippen LogP contribution in [0.4, 0.5) is 5.69 Å². The number of para-hydroxylation sites is 1. The van der Waals surface area contributed by atoms with E-state index in [0.717, 1.165) is 9.87 Å². The van der Waals surface area contributed by atoms with Crippen LogP contribution in [-0.4, -0.2) is 33.2 Å². The van der Waals surface area contributed by atoms with Gasteiger partial charge in [-0.25, -0.2) is 8.42 Å². The summed E-state index contributed by atoms with van der Waals surface area (Å²) in [5.74, 6) is 0.963. The number of sulfonamides is 1. The summed E-state index contributed by atoms with van der Waals surface area (Å²) < 4.78 is 27.5. The van der Waals surface area contributed by atoms with E-state index in [0.29, 0.717) is 33.8 Å². The van der Waals surface area contributed by atoms with E-state index in [4.69, 9.17) is 23.2 Å². The van der Waals surface area contributed by atoms with Crippen molar-refractivity contribution in [2.75, 3.05) is 23.1 Å². The lowest BCUT2D eigenvalue weighted by Crippen LogP contribution is -2.41. The highest BCUT2D eigenvalue weighted by Crippen LogP contribution is 2.25. The van der Waals surface area contributed by atoms with Crippen LogP contribution in [0.2, 0.25) is 10.0 Å². The Labute approximate surface area is 202 Å². The molecule has 3 aromatic rings. The van der Waals surface area contributed by atoms with E-state index in [9.17, 15) is 13.2 Å². The number of anilines is 1. The van der Waals surface area contributed by atoms with Gasteiger partial charge in [0, 0.05) is 28.1 Å². The van der Waals surface area contributed by atoms with Crippen LogP contribution in [0.15, 0.2) is 83.8 Å². The molecule has 0 heterocycles. The molecule has 0 aromatic heterocycles. The normalized spacial score (nSPS) is 11.2. The molecule has 0 unspecified atom stereocenters. The van der Waals surface area contributed by atoms with E-state index < -0.39 is 10.0 Å². The number of nitrogens with one attached hydrogen (secondary N) is 1. The average Bonchev–Trinajstić information content (AvgIpc) is 2.79. The molecule has 1 N–H and O–H groups in total. The second-order valence-corrected chi connectivity index (χ2v) is 10.6. The first-order chi connectivity index (χ1) is 15.4. The van der Waals surface area contributed by atoms with Crippen LogP contribution in [0, 0.1) is 0 Å². The number of carbonyl (C=O) groups is 1. The number of rotatable bonds is 10. The summed E-state index contributed by atoms with van der Waals surface area (Å²) in [6.45, 7) is 0.0949. The zero-order chi connectivity index (χ0) is 23.0. The minimum Gasteiger partial charge on any atom is -0.354 e. The third-order valence-electron chi connectivity index (χ3n) is 4.50. The lowest BCUT2D eigenvalue weighted by molar-refractivity contribution is -0.119. The van der Waals surface area contributed by atoms with Crippen LogP contribution in [0.3, 0.4) is 0 Å². The van der Waals surface area contributed by atoms with Crippen molar-refractivity contribution in [3.8, 4) is 0 Å². The predicted octanol–water partition coefficient (Wildman–Crippen LogP) is 5.24. The molecule has 0 fully saturated rings. The Hall–Kier alpha value is -2.19. The van der Waals surface area contributed by atoms with Gasteiger partial charge >= 0.3 is 0 Å². The Bertz CT molecular complexity index is 1140. The van der Waals surface area contributed by atoms with E-state index in [2.05, 4.69) is 5.32 Å². The summed E-state index contributed by atoms with van der Waals surface area (Å²) in [5, 5.41) is 3.99. The first kappa shape index (κ1) is 24.5. The predicted molar refractivity (Wildman–Crippen MR) is 133 cm³/mol. The van der Waals surface area contributed by atoms with E-state index >= 15 is 0 Å². The molecule has 168 valence electrons. The summed E-state index contributed by atoms with van der Waals surface area (Å²) in [4.78, 5) is 12.7.